The number of aryl methyl sites for hydroxylation is 1. The summed E-state index contributed by atoms with van der Waals surface area (Å²) in [7, 11) is 0. The molecule has 6 heteroatoms. The molecule has 0 spiro atoms. The third-order valence-electron chi connectivity index (χ3n) is 4.38. The summed E-state index contributed by atoms with van der Waals surface area (Å²) in [6, 6.07) is 14.3. The summed E-state index contributed by atoms with van der Waals surface area (Å²) in [6.45, 7) is 2.82. The van der Waals surface area contributed by atoms with E-state index < -0.39 is 11.9 Å². The van der Waals surface area contributed by atoms with Crippen molar-refractivity contribution in [2.45, 2.75) is 26.3 Å². The lowest BCUT2D eigenvalue weighted by Crippen LogP contribution is -2.24. The molecule has 2 amide bonds. The van der Waals surface area contributed by atoms with Crippen molar-refractivity contribution in [3.8, 4) is 0 Å². The van der Waals surface area contributed by atoms with Crippen LogP contribution in [0.5, 0.6) is 0 Å². The lowest BCUT2D eigenvalue weighted by atomic mass is 10.1. The van der Waals surface area contributed by atoms with Crippen molar-refractivity contribution < 1.29 is 19.1 Å². The van der Waals surface area contributed by atoms with E-state index in [2.05, 4.69) is 5.32 Å². The summed E-state index contributed by atoms with van der Waals surface area (Å²) in [6.07, 6.45) is 1.45. The van der Waals surface area contributed by atoms with E-state index in [0.29, 0.717) is 24.2 Å². The predicted octanol–water partition coefficient (Wildman–Crippen LogP) is 2.91. The fraction of sp³-hybridized carbons (Fsp3) is 0.286. The Labute approximate surface area is 158 Å². The van der Waals surface area contributed by atoms with Crippen LogP contribution in [0.25, 0.3) is 0 Å². The fourth-order valence-corrected chi connectivity index (χ4v) is 2.94. The van der Waals surface area contributed by atoms with E-state index in [1.165, 1.54) is 0 Å². The van der Waals surface area contributed by atoms with Crippen LogP contribution in [0.1, 0.15) is 34.3 Å². The molecule has 0 bridgehead atoms. The molecule has 0 aromatic heterocycles. The maximum atomic E-state index is 12.2. The number of carbonyl (C=O) groups is 3. The Balaban J connectivity index is 1.53. The van der Waals surface area contributed by atoms with Gasteiger partial charge in [0.05, 0.1) is 5.56 Å². The Bertz CT molecular complexity index is 846. The van der Waals surface area contributed by atoms with Gasteiger partial charge >= 0.3 is 5.97 Å². The first kappa shape index (κ1) is 18.6. The number of likely N-dealkylation sites (tertiary alicyclic amines) is 1. The summed E-state index contributed by atoms with van der Waals surface area (Å²) in [4.78, 5) is 37.7. The molecule has 0 unspecified atom stereocenters. The van der Waals surface area contributed by atoms with Crippen molar-refractivity contribution in [1.82, 2.24) is 4.90 Å². The number of esters is 1. The summed E-state index contributed by atoms with van der Waals surface area (Å²) in [5.74, 6) is -0.828. The van der Waals surface area contributed by atoms with Gasteiger partial charge in [0.2, 0.25) is 5.91 Å². The number of amides is 2. The van der Waals surface area contributed by atoms with Gasteiger partial charge in [-0.25, -0.2) is 4.79 Å². The zero-order chi connectivity index (χ0) is 19.2. The highest BCUT2D eigenvalue weighted by molar-refractivity contribution is 5.95. The molecule has 1 N–H and O–H groups in total. The zero-order valence-electron chi connectivity index (χ0n) is 15.2. The van der Waals surface area contributed by atoms with Crippen molar-refractivity contribution in [3.63, 3.8) is 0 Å². The molecule has 0 radical (unpaired) electrons. The molecule has 0 saturated carbocycles. The lowest BCUT2D eigenvalue weighted by Gasteiger charge is -2.15. The molecular formula is C21H22N2O4. The molecule has 6 nitrogen and oxygen atoms in total. The Hall–Kier alpha value is -3.15. The summed E-state index contributed by atoms with van der Waals surface area (Å²) < 4.78 is 5.10. The highest BCUT2D eigenvalue weighted by Gasteiger charge is 2.20. The smallest absolute Gasteiger partial charge is 0.338 e. The zero-order valence-corrected chi connectivity index (χ0v) is 15.2. The van der Waals surface area contributed by atoms with Crippen LogP contribution in [-0.4, -0.2) is 35.8 Å². The molecular weight excluding hydrogens is 344 g/mol. The molecule has 3 rings (SSSR count). The molecule has 140 valence electrons. The standard InChI is InChI=1S/C21H22N2O4/c1-15-7-9-18(10-8-15)22-19(24)14-27-21(26)17-5-2-4-16(12-17)13-23-11-3-6-20(23)25/h2,4-5,7-10,12H,3,6,11,13-14H2,1H3,(H,22,24). The van der Waals surface area contributed by atoms with Gasteiger partial charge in [-0.05, 0) is 43.2 Å². The highest BCUT2D eigenvalue weighted by Crippen LogP contribution is 2.15. The molecule has 1 heterocycles. The van der Waals surface area contributed by atoms with Gasteiger partial charge in [0.25, 0.3) is 5.91 Å². The third-order valence-corrected chi connectivity index (χ3v) is 4.38. The van der Waals surface area contributed by atoms with E-state index in [4.69, 9.17) is 4.74 Å². The quantitative estimate of drug-likeness (QED) is 0.798. The van der Waals surface area contributed by atoms with Crippen LogP contribution < -0.4 is 5.32 Å². The first-order valence-corrected chi connectivity index (χ1v) is 8.91. The van der Waals surface area contributed by atoms with Gasteiger partial charge in [0, 0.05) is 25.2 Å². The number of nitrogens with zero attached hydrogens (tertiary/aromatic N) is 1. The molecule has 1 aliphatic rings. The molecule has 0 atom stereocenters. The normalized spacial score (nSPS) is 13.5. The first-order valence-electron chi connectivity index (χ1n) is 8.91. The minimum atomic E-state index is -0.566. The largest absolute Gasteiger partial charge is 0.452 e. The van der Waals surface area contributed by atoms with Crippen molar-refractivity contribution in [1.29, 1.82) is 0 Å². The van der Waals surface area contributed by atoms with Crippen molar-refractivity contribution in [3.05, 3.63) is 65.2 Å². The van der Waals surface area contributed by atoms with E-state index >= 15 is 0 Å². The molecule has 1 fully saturated rings. The van der Waals surface area contributed by atoms with Crippen molar-refractivity contribution in [2.75, 3.05) is 18.5 Å². The minimum absolute atomic E-state index is 0.135. The van der Waals surface area contributed by atoms with Crippen LogP contribution >= 0.6 is 0 Å². The second-order valence-electron chi connectivity index (χ2n) is 6.61. The van der Waals surface area contributed by atoms with Gasteiger partial charge in [0.1, 0.15) is 0 Å². The number of hydrogen-bond donors (Lipinski definition) is 1. The monoisotopic (exact) mass is 366 g/mol. The molecule has 27 heavy (non-hydrogen) atoms. The van der Waals surface area contributed by atoms with Gasteiger partial charge < -0.3 is 15.0 Å². The molecule has 2 aromatic carbocycles. The maximum absolute atomic E-state index is 12.2. The van der Waals surface area contributed by atoms with E-state index in [1.807, 2.05) is 25.1 Å². The topological polar surface area (TPSA) is 75.7 Å². The molecule has 1 saturated heterocycles. The van der Waals surface area contributed by atoms with Crippen molar-refractivity contribution >= 4 is 23.5 Å². The average molecular weight is 366 g/mol. The summed E-state index contributed by atoms with van der Waals surface area (Å²) >= 11 is 0. The Kier molecular flexibility index (Phi) is 5.86. The van der Waals surface area contributed by atoms with Crippen molar-refractivity contribution in [2.24, 2.45) is 0 Å². The van der Waals surface area contributed by atoms with Gasteiger partial charge in [-0.2, -0.15) is 0 Å². The number of hydrogen-bond acceptors (Lipinski definition) is 4. The molecule has 1 aliphatic heterocycles. The number of carbonyl (C=O) groups excluding carboxylic acids is 3. The minimum Gasteiger partial charge on any atom is -0.452 e. The van der Waals surface area contributed by atoms with E-state index in [-0.39, 0.29) is 12.5 Å². The van der Waals surface area contributed by atoms with E-state index in [1.54, 1.807) is 35.2 Å². The number of anilines is 1. The van der Waals surface area contributed by atoms with Gasteiger partial charge in [0.15, 0.2) is 6.61 Å². The number of rotatable bonds is 6. The van der Waals surface area contributed by atoms with Gasteiger partial charge in [-0.3, -0.25) is 9.59 Å². The first-order chi connectivity index (χ1) is 13.0. The summed E-state index contributed by atoms with van der Waals surface area (Å²) in [5, 5.41) is 2.68. The highest BCUT2D eigenvalue weighted by atomic mass is 16.5. The van der Waals surface area contributed by atoms with Crippen LogP contribution in [0.4, 0.5) is 5.69 Å². The molecule has 0 aliphatic carbocycles. The number of benzene rings is 2. The Morgan fingerprint density at radius 3 is 2.63 bits per heavy atom. The van der Waals surface area contributed by atoms with Crippen LogP contribution in [0, 0.1) is 6.92 Å². The van der Waals surface area contributed by atoms with E-state index in [9.17, 15) is 14.4 Å². The number of nitrogens with one attached hydrogen (secondary N) is 1. The van der Waals surface area contributed by atoms with E-state index in [0.717, 1.165) is 24.1 Å². The Morgan fingerprint density at radius 2 is 1.93 bits per heavy atom. The second kappa shape index (κ2) is 8.49. The van der Waals surface area contributed by atoms with Crippen LogP contribution in [-0.2, 0) is 20.9 Å². The average Bonchev–Trinajstić information content (AvgIpc) is 3.06. The SMILES string of the molecule is Cc1ccc(NC(=O)COC(=O)c2cccc(CN3CCCC3=O)c2)cc1. The number of ether oxygens (including phenoxy) is 1. The lowest BCUT2D eigenvalue weighted by molar-refractivity contribution is -0.128. The third kappa shape index (κ3) is 5.17. The van der Waals surface area contributed by atoms with Crippen LogP contribution in [0.2, 0.25) is 0 Å². The fourth-order valence-electron chi connectivity index (χ4n) is 2.94. The Morgan fingerprint density at radius 1 is 1.15 bits per heavy atom. The van der Waals surface area contributed by atoms with Crippen LogP contribution in [0.3, 0.4) is 0 Å². The predicted molar refractivity (Wildman–Crippen MR) is 101 cm³/mol. The van der Waals surface area contributed by atoms with Crippen LogP contribution in [0.15, 0.2) is 48.5 Å². The maximum Gasteiger partial charge on any atom is 0.338 e. The van der Waals surface area contributed by atoms with Gasteiger partial charge in [-0.1, -0.05) is 29.8 Å². The summed E-state index contributed by atoms with van der Waals surface area (Å²) in [5.41, 5.74) is 2.97. The van der Waals surface area contributed by atoms with Gasteiger partial charge in [-0.15, -0.1) is 0 Å². The second-order valence-corrected chi connectivity index (χ2v) is 6.61. The molecule has 2 aromatic rings.